The van der Waals surface area contributed by atoms with Gasteiger partial charge in [-0.15, -0.1) is 0 Å². The average Bonchev–Trinajstić information content (AvgIpc) is 3.40. The Hall–Kier alpha value is -3.48. The van der Waals surface area contributed by atoms with Gasteiger partial charge in [0.25, 0.3) is 0 Å². The lowest BCUT2D eigenvalue weighted by atomic mass is 10.1. The minimum atomic E-state index is 0.683. The molecule has 0 unspecified atom stereocenters. The third kappa shape index (κ3) is 4.38. The first kappa shape index (κ1) is 18.3. The van der Waals surface area contributed by atoms with Crippen LogP contribution in [0, 0.1) is 0 Å². The maximum atomic E-state index is 5.41. The number of aromatic nitrogens is 5. The van der Waals surface area contributed by atoms with Gasteiger partial charge in [0, 0.05) is 18.3 Å². The van der Waals surface area contributed by atoms with E-state index in [1.54, 1.807) is 19.6 Å². The summed E-state index contributed by atoms with van der Waals surface area (Å²) in [6.07, 6.45) is 10.1. The summed E-state index contributed by atoms with van der Waals surface area (Å²) in [5.41, 5.74) is 4.24. The average molecular weight is 362 g/mol. The monoisotopic (exact) mass is 362 g/mol. The number of aromatic amines is 1. The van der Waals surface area contributed by atoms with Crippen LogP contribution in [0.25, 0.3) is 11.3 Å². The molecule has 27 heavy (non-hydrogen) atoms. The van der Waals surface area contributed by atoms with Crippen molar-refractivity contribution >= 4 is 18.0 Å². The molecule has 1 N–H and O–H groups in total. The van der Waals surface area contributed by atoms with Gasteiger partial charge in [-0.05, 0) is 37.8 Å². The Morgan fingerprint density at radius 1 is 1.33 bits per heavy atom. The van der Waals surface area contributed by atoms with Gasteiger partial charge < -0.3 is 9.30 Å². The van der Waals surface area contributed by atoms with Gasteiger partial charge in [-0.1, -0.05) is 24.3 Å². The van der Waals surface area contributed by atoms with Gasteiger partial charge in [-0.2, -0.15) is 15.4 Å². The highest BCUT2D eigenvalue weighted by Gasteiger charge is 2.08. The normalized spacial score (nSPS) is 12.2. The highest BCUT2D eigenvalue weighted by atomic mass is 16.5. The number of rotatable bonds is 8. The number of hydrogen-bond donors (Lipinski definition) is 1. The van der Waals surface area contributed by atoms with E-state index in [2.05, 4.69) is 38.2 Å². The minimum Gasteiger partial charge on any atom is -0.496 e. The Morgan fingerprint density at radius 2 is 2.19 bits per heavy atom. The third-order valence-electron chi connectivity index (χ3n) is 4.21. The van der Waals surface area contributed by atoms with Crippen molar-refractivity contribution in [3.05, 3.63) is 72.1 Å². The molecule has 0 aliphatic heterocycles. The van der Waals surface area contributed by atoms with Gasteiger partial charge in [0.1, 0.15) is 17.1 Å². The van der Waals surface area contributed by atoms with Crippen LogP contribution in [-0.4, -0.2) is 38.8 Å². The van der Waals surface area contributed by atoms with Crippen LogP contribution in [0.3, 0.4) is 0 Å². The number of benzene rings is 1. The van der Waals surface area contributed by atoms with Crippen LogP contribution >= 0.6 is 0 Å². The molecule has 0 spiro atoms. The highest BCUT2D eigenvalue weighted by Crippen LogP contribution is 2.22. The van der Waals surface area contributed by atoms with Crippen molar-refractivity contribution in [3.8, 4) is 5.75 Å². The number of aryl methyl sites for hydroxylation is 2. The number of hydrogen-bond acceptors (Lipinski definition) is 5. The van der Waals surface area contributed by atoms with Crippen LogP contribution in [-0.2, 0) is 13.0 Å². The van der Waals surface area contributed by atoms with Crippen LogP contribution in [0.1, 0.15) is 23.9 Å². The number of H-pyrrole nitrogens is 1. The van der Waals surface area contributed by atoms with Gasteiger partial charge in [0.2, 0.25) is 0 Å². The Balaban J connectivity index is 1.75. The number of aliphatic imine (C=N–C) groups is 1. The number of ether oxygens (including phenoxy) is 1. The standard InChI is InChI=1S/C20H22N6O/c1-4-15(18-12-23-25-24-18)11-17(21-2)19-13-26(14-22-19)10-9-16-7-5-6-8-20(16)27-3/h4-8,11-14H,2,9-10H2,1,3H3,(H,23,24,25)/b15-4+,17-11-. The van der Waals surface area contributed by atoms with Crippen molar-refractivity contribution in [2.24, 2.45) is 4.99 Å². The number of methoxy groups -OCH3 is 1. The lowest BCUT2D eigenvalue weighted by molar-refractivity contribution is 0.408. The summed E-state index contributed by atoms with van der Waals surface area (Å²) in [5.74, 6) is 0.900. The number of nitrogens with one attached hydrogen (secondary N) is 1. The van der Waals surface area contributed by atoms with E-state index in [4.69, 9.17) is 4.74 Å². The van der Waals surface area contributed by atoms with Crippen molar-refractivity contribution in [3.63, 3.8) is 0 Å². The minimum absolute atomic E-state index is 0.683. The molecule has 0 saturated carbocycles. The smallest absolute Gasteiger partial charge is 0.122 e. The topological polar surface area (TPSA) is 81.0 Å². The number of nitrogens with zero attached hydrogens (tertiary/aromatic N) is 5. The second kappa shape index (κ2) is 8.75. The van der Waals surface area contributed by atoms with Crippen molar-refractivity contribution in [1.82, 2.24) is 25.0 Å². The number of allylic oxidation sites excluding steroid dienone is 3. The molecule has 3 aromatic rings. The second-order valence-electron chi connectivity index (χ2n) is 5.85. The summed E-state index contributed by atoms with van der Waals surface area (Å²) in [6, 6.07) is 8.03. The summed E-state index contributed by atoms with van der Waals surface area (Å²) in [7, 11) is 1.69. The van der Waals surface area contributed by atoms with E-state index in [9.17, 15) is 0 Å². The number of imidazole rings is 1. The van der Waals surface area contributed by atoms with Crippen LogP contribution in [0.15, 0.2) is 60.1 Å². The maximum absolute atomic E-state index is 5.41. The second-order valence-corrected chi connectivity index (χ2v) is 5.85. The zero-order valence-electron chi connectivity index (χ0n) is 15.5. The van der Waals surface area contributed by atoms with Crippen molar-refractivity contribution in [1.29, 1.82) is 0 Å². The zero-order chi connectivity index (χ0) is 19.1. The van der Waals surface area contributed by atoms with Crippen LogP contribution in [0.2, 0.25) is 0 Å². The molecule has 0 atom stereocenters. The molecule has 0 amide bonds. The molecule has 1 aromatic carbocycles. The molecule has 0 aliphatic rings. The van der Waals surface area contributed by atoms with Crippen LogP contribution in [0.4, 0.5) is 0 Å². The van der Waals surface area contributed by atoms with Gasteiger partial charge in [-0.3, -0.25) is 4.99 Å². The third-order valence-corrected chi connectivity index (χ3v) is 4.21. The van der Waals surface area contributed by atoms with Gasteiger partial charge >= 0.3 is 0 Å². The molecule has 0 fully saturated rings. The van der Waals surface area contributed by atoms with Crippen molar-refractivity contribution in [2.45, 2.75) is 19.9 Å². The van der Waals surface area contributed by atoms with Gasteiger partial charge in [0.15, 0.2) is 0 Å². The molecule has 7 nitrogen and oxygen atoms in total. The summed E-state index contributed by atoms with van der Waals surface area (Å²) >= 11 is 0. The molecule has 2 aromatic heterocycles. The maximum Gasteiger partial charge on any atom is 0.122 e. The largest absolute Gasteiger partial charge is 0.496 e. The fourth-order valence-electron chi connectivity index (χ4n) is 2.77. The lowest BCUT2D eigenvalue weighted by Gasteiger charge is -2.08. The molecule has 2 heterocycles. The van der Waals surface area contributed by atoms with E-state index in [-0.39, 0.29) is 0 Å². The van der Waals surface area contributed by atoms with E-state index in [0.717, 1.165) is 41.2 Å². The lowest BCUT2D eigenvalue weighted by Crippen LogP contribution is -2.00. The predicted octanol–water partition coefficient (Wildman–Crippen LogP) is 3.40. The quantitative estimate of drug-likeness (QED) is 0.492. The Morgan fingerprint density at radius 3 is 2.89 bits per heavy atom. The molecule has 138 valence electrons. The number of para-hydroxylation sites is 1. The summed E-state index contributed by atoms with van der Waals surface area (Å²) in [4.78, 5) is 8.60. The fraction of sp³-hybridized carbons (Fsp3) is 0.200. The highest BCUT2D eigenvalue weighted by molar-refractivity contribution is 5.81. The molecular weight excluding hydrogens is 340 g/mol. The van der Waals surface area contributed by atoms with E-state index in [1.165, 1.54) is 0 Å². The Kier molecular flexibility index (Phi) is 5.94. The summed E-state index contributed by atoms with van der Waals surface area (Å²) in [5, 5.41) is 10.6. The van der Waals surface area contributed by atoms with Crippen LogP contribution in [0.5, 0.6) is 5.75 Å². The first-order chi connectivity index (χ1) is 13.2. The van der Waals surface area contributed by atoms with Crippen molar-refractivity contribution < 1.29 is 4.74 Å². The molecule has 0 bridgehead atoms. The Labute approximate surface area is 158 Å². The summed E-state index contributed by atoms with van der Waals surface area (Å²) < 4.78 is 7.44. The van der Waals surface area contributed by atoms with E-state index >= 15 is 0 Å². The first-order valence-corrected chi connectivity index (χ1v) is 8.60. The predicted molar refractivity (Wildman–Crippen MR) is 106 cm³/mol. The SMILES string of the molecule is C=N/C(=C\C(=C/C)c1cn[nH]n1)c1cn(CCc2ccccc2OC)cn1. The Bertz CT molecular complexity index is 953. The zero-order valence-corrected chi connectivity index (χ0v) is 15.5. The van der Waals surface area contributed by atoms with Gasteiger partial charge in [0.05, 0.1) is 25.3 Å². The molecule has 0 radical (unpaired) electrons. The fourth-order valence-corrected chi connectivity index (χ4v) is 2.77. The first-order valence-electron chi connectivity index (χ1n) is 8.60. The molecule has 3 rings (SSSR count). The molecular formula is C20H22N6O. The molecule has 7 heteroatoms. The van der Waals surface area contributed by atoms with E-state index in [0.29, 0.717) is 5.70 Å². The van der Waals surface area contributed by atoms with Gasteiger partial charge in [-0.25, -0.2) is 4.98 Å². The van der Waals surface area contributed by atoms with E-state index < -0.39 is 0 Å². The summed E-state index contributed by atoms with van der Waals surface area (Å²) in [6.45, 7) is 6.40. The van der Waals surface area contributed by atoms with E-state index in [1.807, 2.05) is 48.0 Å². The van der Waals surface area contributed by atoms with Crippen LogP contribution < -0.4 is 4.74 Å². The molecule has 0 aliphatic carbocycles. The molecule has 0 saturated heterocycles. The van der Waals surface area contributed by atoms with Crippen molar-refractivity contribution in [2.75, 3.05) is 7.11 Å².